The van der Waals surface area contributed by atoms with Crippen LogP contribution >= 0.6 is 0 Å². The molecule has 4 heteroatoms. The molecule has 0 fully saturated rings. The fourth-order valence-corrected chi connectivity index (χ4v) is 1.70. The Balaban J connectivity index is 3.00. The Bertz CT molecular complexity index is 483. The molecule has 0 aromatic heterocycles. The van der Waals surface area contributed by atoms with E-state index in [0.717, 1.165) is 11.3 Å². The number of rotatable bonds is 5. The Morgan fingerprint density at radius 1 is 1.33 bits per heavy atom. The van der Waals surface area contributed by atoms with Crippen molar-refractivity contribution < 1.29 is 4.74 Å². The van der Waals surface area contributed by atoms with Crippen molar-refractivity contribution in [1.29, 1.82) is 10.5 Å². The predicted octanol–water partition coefficient (Wildman–Crippen LogP) is 2.30. The minimum absolute atomic E-state index is 0.264. The zero-order valence-electron chi connectivity index (χ0n) is 11.0. The van der Waals surface area contributed by atoms with Crippen LogP contribution in [0.2, 0.25) is 0 Å². The van der Waals surface area contributed by atoms with E-state index in [-0.39, 0.29) is 6.04 Å². The van der Waals surface area contributed by atoms with Gasteiger partial charge in [-0.2, -0.15) is 10.5 Å². The maximum atomic E-state index is 8.92. The molecule has 0 radical (unpaired) electrons. The van der Waals surface area contributed by atoms with Crippen LogP contribution in [0, 0.1) is 22.7 Å². The molecule has 1 aromatic rings. The number of nitriles is 2. The van der Waals surface area contributed by atoms with Crippen molar-refractivity contribution in [3.63, 3.8) is 0 Å². The highest BCUT2D eigenvalue weighted by molar-refractivity contribution is 5.42. The summed E-state index contributed by atoms with van der Waals surface area (Å²) < 4.78 is 5.28. The van der Waals surface area contributed by atoms with Crippen molar-refractivity contribution in [1.82, 2.24) is 4.90 Å². The topological polar surface area (TPSA) is 60.0 Å². The molecule has 0 bridgehead atoms. The summed E-state index contributed by atoms with van der Waals surface area (Å²) in [6.07, 6.45) is 0. The molecule has 0 heterocycles. The normalized spacial score (nSPS) is 10.2. The van der Waals surface area contributed by atoms with Crippen LogP contribution < -0.4 is 4.74 Å². The van der Waals surface area contributed by atoms with Gasteiger partial charge < -0.3 is 4.74 Å². The zero-order chi connectivity index (χ0) is 13.5. The van der Waals surface area contributed by atoms with Gasteiger partial charge in [0, 0.05) is 18.2 Å². The van der Waals surface area contributed by atoms with Crippen LogP contribution in [0.3, 0.4) is 0 Å². The zero-order valence-corrected chi connectivity index (χ0v) is 11.0. The highest BCUT2D eigenvalue weighted by Crippen LogP contribution is 2.22. The van der Waals surface area contributed by atoms with Gasteiger partial charge >= 0.3 is 0 Å². The van der Waals surface area contributed by atoms with E-state index in [9.17, 15) is 0 Å². The first-order valence-corrected chi connectivity index (χ1v) is 5.80. The lowest BCUT2D eigenvalue weighted by atomic mass is 10.1. The molecule has 18 heavy (non-hydrogen) atoms. The third-order valence-electron chi connectivity index (χ3n) is 2.79. The van der Waals surface area contributed by atoms with E-state index in [1.54, 1.807) is 19.2 Å². The first-order valence-electron chi connectivity index (χ1n) is 5.80. The van der Waals surface area contributed by atoms with Crippen LogP contribution in [0.4, 0.5) is 0 Å². The minimum Gasteiger partial charge on any atom is -0.496 e. The number of hydrogen-bond donors (Lipinski definition) is 0. The first-order chi connectivity index (χ1) is 8.62. The van der Waals surface area contributed by atoms with E-state index in [0.29, 0.717) is 18.7 Å². The first kappa shape index (κ1) is 14.0. The lowest BCUT2D eigenvalue weighted by Crippen LogP contribution is -2.30. The lowest BCUT2D eigenvalue weighted by molar-refractivity contribution is 0.236. The highest BCUT2D eigenvalue weighted by Gasteiger charge is 2.13. The molecule has 1 rings (SSSR count). The number of methoxy groups -OCH3 is 1. The number of nitrogens with zero attached hydrogens (tertiary/aromatic N) is 3. The number of ether oxygens (including phenoxy) is 1. The smallest absolute Gasteiger partial charge is 0.123 e. The van der Waals surface area contributed by atoms with Crippen molar-refractivity contribution in [2.45, 2.75) is 26.4 Å². The summed E-state index contributed by atoms with van der Waals surface area (Å²) in [4.78, 5) is 2.03. The maximum Gasteiger partial charge on any atom is 0.123 e. The Kier molecular flexibility index (Phi) is 5.17. The second-order valence-electron chi connectivity index (χ2n) is 4.30. The largest absolute Gasteiger partial charge is 0.496 e. The SMILES string of the molecule is COc1ccc(C#N)cc1CN(CC#N)C(C)C. The average Bonchev–Trinajstić information content (AvgIpc) is 2.37. The highest BCUT2D eigenvalue weighted by atomic mass is 16.5. The van der Waals surface area contributed by atoms with E-state index in [2.05, 4.69) is 12.1 Å². The molecule has 0 unspecified atom stereocenters. The fraction of sp³-hybridized carbons (Fsp3) is 0.429. The standard InChI is InChI=1S/C14H17N3O/c1-11(2)17(7-6-15)10-13-8-12(9-16)4-5-14(13)18-3/h4-5,8,11H,7,10H2,1-3H3. The fourth-order valence-electron chi connectivity index (χ4n) is 1.70. The Labute approximate surface area is 108 Å². The van der Waals surface area contributed by atoms with Crippen LogP contribution in [0.1, 0.15) is 25.0 Å². The average molecular weight is 243 g/mol. The second-order valence-corrected chi connectivity index (χ2v) is 4.30. The molecule has 0 aliphatic heterocycles. The molecule has 0 spiro atoms. The van der Waals surface area contributed by atoms with Crippen molar-refractivity contribution in [3.8, 4) is 17.9 Å². The van der Waals surface area contributed by atoms with Crippen LogP contribution in [0.15, 0.2) is 18.2 Å². The molecular weight excluding hydrogens is 226 g/mol. The molecule has 0 amide bonds. The van der Waals surface area contributed by atoms with Crippen LogP contribution in [-0.4, -0.2) is 24.6 Å². The third-order valence-corrected chi connectivity index (χ3v) is 2.79. The second kappa shape index (κ2) is 6.64. The molecule has 0 aliphatic rings. The van der Waals surface area contributed by atoms with Gasteiger partial charge in [-0.1, -0.05) is 0 Å². The van der Waals surface area contributed by atoms with Gasteiger partial charge in [-0.3, -0.25) is 4.90 Å². The van der Waals surface area contributed by atoms with E-state index in [1.165, 1.54) is 0 Å². The Morgan fingerprint density at radius 2 is 2.06 bits per heavy atom. The van der Waals surface area contributed by atoms with Crippen molar-refractivity contribution in [3.05, 3.63) is 29.3 Å². The van der Waals surface area contributed by atoms with Crippen LogP contribution in [-0.2, 0) is 6.54 Å². The summed E-state index contributed by atoms with van der Waals surface area (Å²) in [5, 5.41) is 17.7. The van der Waals surface area contributed by atoms with Crippen molar-refractivity contribution >= 4 is 0 Å². The van der Waals surface area contributed by atoms with Gasteiger partial charge in [-0.25, -0.2) is 0 Å². The molecule has 94 valence electrons. The molecule has 0 saturated carbocycles. The monoisotopic (exact) mass is 243 g/mol. The number of benzene rings is 1. The molecule has 1 aromatic carbocycles. The van der Waals surface area contributed by atoms with Gasteiger partial charge in [-0.15, -0.1) is 0 Å². The van der Waals surface area contributed by atoms with E-state index >= 15 is 0 Å². The van der Waals surface area contributed by atoms with Crippen LogP contribution in [0.25, 0.3) is 0 Å². The van der Waals surface area contributed by atoms with Crippen LogP contribution in [0.5, 0.6) is 5.75 Å². The summed E-state index contributed by atoms with van der Waals surface area (Å²) in [6, 6.07) is 9.86. The van der Waals surface area contributed by atoms with Gasteiger partial charge in [0.2, 0.25) is 0 Å². The quantitative estimate of drug-likeness (QED) is 0.744. The van der Waals surface area contributed by atoms with Gasteiger partial charge in [-0.05, 0) is 32.0 Å². The molecule has 0 N–H and O–H groups in total. The Morgan fingerprint density at radius 3 is 2.56 bits per heavy atom. The van der Waals surface area contributed by atoms with E-state index in [1.807, 2.05) is 24.8 Å². The molecule has 0 atom stereocenters. The Hall–Kier alpha value is -2.04. The molecule has 0 aliphatic carbocycles. The van der Waals surface area contributed by atoms with E-state index < -0.39 is 0 Å². The molecule has 0 saturated heterocycles. The summed E-state index contributed by atoms with van der Waals surface area (Å²) >= 11 is 0. The van der Waals surface area contributed by atoms with Gasteiger partial charge in [0.15, 0.2) is 0 Å². The lowest BCUT2D eigenvalue weighted by Gasteiger charge is -2.24. The minimum atomic E-state index is 0.264. The van der Waals surface area contributed by atoms with Gasteiger partial charge in [0.25, 0.3) is 0 Å². The van der Waals surface area contributed by atoms with Crippen molar-refractivity contribution in [2.75, 3.05) is 13.7 Å². The predicted molar refractivity (Wildman–Crippen MR) is 68.9 cm³/mol. The summed E-state index contributed by atoms with van der Waals surface area (Å²) in [6.45, 7) is 5.04. The third kappa shape index (κ3) is 3.48. The summed E-state index contributed by atoms with van der Waals surface area (Å²) in [7, 11) is 1.61. The summed E-state index contributed by atoms with van der Waals surface area (Å²) in [5.74, 6) is 0.748. The van der Waals surface area contributed by atoms with E-state index in [4.69, 9.17) is 15.3 Å². The van der Waals surface area contributed by atoms with Gasteiger partial charge in [0.1, 0.15) is 5.75 Å². The molecular formula is C14H17N3O. The van der Waals surface area contributed by atoms with Gasteiger partial charge in [0.05, 0.1) is 31.4 Å². The number of hydrogen-bond acceptors (Lipinski definition) is 4. The summed E-state index contributed by atoms with van der Waals surface area (Å²) in [5.41, 5.74) is 1.53. The molecule has 4 nitrogen and oxygen atoms in total. The van der Waals surface area contributed by atoms with Crippen molar-refractivity contribution in [2.24, 2.45) is 0 Å². The maximum absolute atomic E-state index is 8.92.